The van der Waals surface area contributed by atoms with E-state index in [4.69, 9.17) is 0 Å². The molecule has 0 spiro atoms. The highest BCUT2D eigenvalue weighted by molar-refractivity contribution is 6.05. The summed E-state index contributed by atoms with van der Waals surface area (Å²) in [6.07, 6.45) is 1.52. The van der Waals surface area contributed by atoms with Crippen LogP contribution < -0.4 is 5.32 Å². The summed E-state index contributed by atoms with van der Waals surface area (Å²) in [6.45, 7) is 7.07. The molecule has 2 amide bonds. The number of nitrogens with zero attached hydrogens (tertiary/aromatic N) is 3. The van der Waals surface area contributed by atoms with E-state index < -0.39 is 0 Å². The first-order valence-corrected chi connectivity index (χ1v) is 8.77. The van der Waals surface area contributed by atoms with Gasteiger partial charge in [0.15, 0.2) is 0 Å². The van der Waals surface area contributed by atoms with Crippen LogP contribution in [0.3, 0.4) is 0 Å². The van der Waals surface area contributed by atoms with Crippen LogP contribution in [0, 0.1) is 13.8 Å². The third-order valence-corrected chi connectivity index (χ3v) is 4.88. The summed E-state index contributed by atoms with van der Waals surface area (Å²) in [4.78, 5) is 33.4. The predicted molar refractivity (Wildman–Crippen MR) is 102 cm³/mol. The maximum Gasteiger partial charge on any atom is 0.274 e. The number of amides is 2. The first-order valence-electron chi connectivity index (χ1n) is 8.77. The van der Waals surface area contributed by atoms with Crippen LogP contribution in [0.4, 0.5) is 5.69 Å². The van der Waals surface area contributed by atoms with Gasteiger partial charge in [0.05, 0.1) is 0 Å². The van der Waals surface area contributed by atoms with Crippen LogP contribution in [-0.2, 0) is 0 Å². The van der Waals surface area contributed by atoms with E-state index in [9.17, 15) is 9.59 Å². The average molecular weight is 352 g/mol. The molecule has 0 saturated carbocycles. The number of rotatable bonds is 3. The van der Waals surface area contributed by atoms with Crippen LogP contribution >= 0.6 is 0 Å². The number of pyridine rings is 1. The van der Waals surface area contributed by atoms with Crippen molar-refractivity contribution in [3.8, 4) is 0 Å². The molecule has 0 unspecified atom stereocenters. The fraction of sp³-hybridized carbons (Fsp3) is 0.350. The summed E-state index contributed by atoms with van der Waals surface area (Å²) in [7, 11) is 2.05. The molecule has 0 aliphatic carbocycles. The Hall–Kier alpha value is -2.73. The highest BCUT2D eigenvalue weighted by Gasteiger charge is 2.21. The van der Waals surface area contributed by atoms with Crippen molar-refractivity contribution in [2.45, 2.75) is 13.8 Å². The molecule has 6 nitrogen and oxygen atoms in total. The van der Waals surface area contributed by atoms with Crippen LogP contribution in [0.1, 0.15) is 32.0 Å². The molecule has 136 valence electrons. The van der Waals surface area contributed by atoms with Gasteiger partial charge in [-0.3, -0.25) is 14.6 Å². The molecule has 0 bridgehead atoms. The monoisotopic (exact) mass is 352 g/mol. The van der Waals surface area contributed by atoms with Gasteiger partial charge in [0.25, 0.3) is 11.8 Å². The van der Waals surface area contributed by atoms with E-state index in [2.05, 4.69) is 15.2 Å². The minimum atomic E-state index is -0.313. The van der Waals surface area contributed by atoms with Gasteiger partial charge >= 0.3 is 0 Å². The molecule has 1 N–H and O–H groups in total. The van der Waals surface area contributed by atoms with E-state index in [1.807, 2.05) is 44.0 Å². The second-order valence-electron chi connectivity index (χ2n) is 6.73. The van der Waals surface area contributed by atoms with Crippen LogP contribution in [0.15, 0.2) is 36.5 Å². The highest BCUT2D eigenvalue weighted by Crippen LogP contribution is 2.19. The molecule has 1 fully saturated rings. The average Bonchev–Trinajstić information content (AvgIpc) is 2.65. The lowest BCUT2D eigenvalue weighted by molar-refractivity contribution is 0.0664. The van der Waals surface area contributed by atoms with Crippen molar-refractivity contribution in [2.24, 2.45) is 0 Å². The Morgan fingerprint density at radius 2 is 1.81 bits per heavy atom. The lowest BCUT2D eigenvalue weighted by Gasteiger charge is -2.32. The van der Waals surface area contributed by atoms with Crippen molar-refractivity contribution in [2.75, 3.05) is 38.5 Å². The minimum Gasteiger partial charge on any atom is -0.336 e. The number of carbonyl (C=O) groups is 2. The van der Waals surface area contributed by atoms with Gasteiger partial charge < -0.3 is 15.1 Å². The van der Waals surface area contributed by atoms with Gasteiger partial charge in [-0.05, 0) is 50.2 Å². The Kier molecular flexibility index (Phi) is 5.32. The van der Waals surface area contributed by atoms with Crippen LogP contribution in [0.25, 0.3) is 0 Å². The Morgan fingerprint density at radius 1 is 1.08 bits per heavy atom. The number of benzene rings is 1. The summed E-state index contributed by atoms with van der Waals surface area (Å²) < 4.78 is 0. The third-order valence-electron chi connectivity index (χ3n) is 4.88. The van der Waals surface area contributed by atoms with Gasteiger partial charge in [-0.1, -0.05) is 12.1 Å². The van der Waals surface area contributed by atoms with Gasteiger partial charge in [-0.15, -0.1) is 0 Å². The molecule has 2 heterocycles. The molecule has 0 atom stereocenters. The summed E-state index contributed by atoms with van der Waals surface area (Å²) in [5, 5.41) is 2.89. The number of carbonyl (C=O) groups excluding carboxylic acids is 2. The lowest BCUT2D eigenvalue weighted by atomic mass is 10.1. The fourth-order valence-corrected chi connectivity index (χ4v) is 2.95. The number of aryl methyl sites for hydroxylation is 1. The molecule has 6 heteroatoms. The molecule has 26 heavy (non-hydrogen) atoms. The van der Waals surface area contributed by atoms with Crippen molar-refractivity contribution < 1.29 is 9.59 Å². The molecule has 1 aliphatic heterocycles. The highest BCUT2D eigenvalue weighted by atomic mass is 16.2. The summed E-state index contributed by atoms with van der Waals surface area (Å²) in [5.74, 6) is -0.368. The summed E-state index contributed by atoms with van der Waals surface area (Å²) in [6, 6.07) is 8.99. The number of hydrogen-bond donors (Lipinski definition) is 1. The largest absolute Gasteiger partial charge is 0.336 e. The number of hydrogen-bond acceptors (Lipinski definition) is 4. The molecular weight excluding hydrogens is 328 g/mol. The molecule has 1 saturated heterocycles. The van der Waals surface area contributed by atoms with Crippen LogP contribution in [0.5, 0.6) is 0 Å². The molecule has 1 aromatic heterocycles. The van der Waals surface area contributed by atoms with E-state index in [0.717, 1.165) is 29.9 Å². The minimum absolute atomic E-state index is 0.0544. The van der Waals surface area contributed by atoms with Gasteiger partial charge in [0.1, 0.15) is 5.69 Å². The molecule has 1 aliphatic rings. The third kappa shape index (κ3) is 3.91. The standard InChI is InChI=1S/C20H24N4O2/c1-14-5-4-6-17(15(14)2)22-19(25)18-13-16(7-8-21-18)20(26)24-11-9-23(3)10-12-24/h4-8,13H,9-12H2,1-3H3,(H,22,25). The molecule has 0 radical (unpaired) electrons. The Labute approximate surface area is 153 Å². The predicted octanol–water partition coefficient (Wildman–Crippen LogP) is 2.34. The maximum absolute atomic E-state index is 12.7. The topological polar surface area (TPSA) is 65.5 Å². The van der Waals surface area contributed by atoms with Crippen molar-refractivity contribution in [3.05, 3.63) is 58.9 Å². The number of nitrogens with one attached hydrogen (secondary N) is 1. The van der Waals surface area contributed by atoms with E-state index >= 15 is 0 Å². The van der Waals surface area contributed by atoms with E-state index in [1.54, 1.807) is 12.1 Å². The second kappa shape index (κ2) is 7.66. The lowest BCUT2D eigenvalue weighted by Crippen LogP contribution is -2.47. The van der Waals surface area contributed by atoms with E-state index in [0.29, 0.717) is 18.7 Å². The van der Waals surface area contributed by atoms with E-state index in [1.165, 1.54) is 6.20 Å². The normalized spacial score (nSPS) is 15.0. The van der Waals surface area contributed by atoms with Crippen molar-refractivity contribution in [1.29, 1.82) is 0 Å². The summed E-state index contributed by atoms with van der Waals surface area (Å²) in [5.41, 5.74) is 3.62. The molecule has 3 rings (SSSR count). The Balaban J connectivity index is 1.75. The van der Waals surface area contributed by atoms with Crippen molar-refractivity contribution in [3.63, 3.8) is 0 Å². The van der Waals surface area contributed by atoms with E-state index in [-0.39, 0.29) is 17.5 Å². The zero-order valence-electron chi connectivity index (χ0n) is 15.5. The Bertz CT molecular complexity index is 826. The van der Waals surface area contributed by atoms with Crippen LogP contribution in [-0.4, -0.2) is 59.8 Å². The quantitative estimate of drug-likeness (QED) is 0.921. The van der Waals surface area contributed by atoms with Crippen molar-refractivity contribution in [1.82, 2.24) is 14.8 Å². The van der Waals surface area contributed by atoms with Gasteiger partial charge in [0, 0.05) is 43.6 Å². The number of aromatic nitrogens is 1. The Morgan fingerprint density at radius 3 is 2.54 bits per heavy atom. The second-order valence-corrected chi connectivity index (χ2v) is 6.73. The number of piperazine rings is 1. The molecular formula is C20H24N4O2. The zero-order valence-corrected chi connectivity index (χ0v) is 15.5. The SMILES string of the molecule is Cc1cccc(NC(=O)c2cc(C(=O)N3CCN(C)CC3)ccn2)c1C. The van der Waals surface area contributed by atoms with Gasteiger partial charge in [0.2, 0.25) is 0 Å². The first kappa shape index (κ1) is 18.1. The zero-order chi connectivity index (χ0) is 18.7. The fourth-order valence-electron chi connectivity index (χ4n) is 2.95. The van der Waals surface area contributed by atoms with Crippen LogP contribution in [0.2, 0.25) is 0 Å². The first-order chi connectivity index (χ1) is 12.5. The van der Waals surface area contributed by atoms with Gasteiger partial charge in [-0.2, -0.15) is 0 Å². The molecule has 2 aromatic rings. The summed E-state index contributed by atoms with van der Waals surface area (Å²) >= 11 is 0. The van der Waals surface area contributed by atoms with Gasteiger partial charge in [-0.25, -0.2) is 0 Å². The smallest absolute Gasteiger partial charge is 0.274 e. The number of anilines is 1. The number of likely N-dealkylation sites (N-methyl/N-ethyl adjacent to an activating group) is 1. The maximum atomic E-state index is 12.7. The molecule has 1 aromatic carbocycles. The van der Waals surface area contributed by atoms with Crippen molar-refractivity contribution >= 4 is 17.5 Å².